The number of rotatable bonds is 1. The van der Waals surface area contributed by atoms with Crippen molar-refractivity contribution in [1.29, 1.82) is 5.26 Å². The normalized spacial score (nSPS) is 23.5. The van der Waals surface area contributed by atoms with E-state index in [1.54, 1.807) is 0 Å². The van der Waals surface area contributed by atoms with E-state index in [0.717, 1.165) is 33.6 Å². The van der Waals surface area contributed by atoms with Crippen molar-refractivity contribution in [1.82, 2.24) is 15.5 Å². The van der Waals surface area contributed by atoms with Crippen LogP contribution in [0, 0.1) is 24.2 Å². The van der Waals surface area contributed by atoms with E-state index in [9.17, 15) is 10.1 Å². The summed E-state index contributed by atoms with van der Waals surface area (Å²) < 4.78 is 0. The number of benzene rings is 1. The molecule has 0 bridgehead atoms. The number of nitrogens with zero attached hydrogens (tertiary/aromatic N) is 3. The second-order valence-corrected chi connectivity index (χ2v) is 6.01. The lowest BCUT2D eigenvalue weighted by atomic mass is 9.76. The Morgan fingerprint density at radius 3 is 2.96 bits per heavy atom. The van der Waals surface area contributed by atoms with Crippen LogP contribution in [0.2, 0.25) is 0 Å². The molecular weight excluding hydrogens is 290 g/mol. The summed E-state index contributed by atoms with van der Waals surface area (Å²) in [5.41, 5.74) is 4.95. The van der Waals surface area contributed by atoms with Crippen LogP contribution in [-0.2, 0) is 4.79 Å². The fourth-order valence-corrected chi connectivity index (χ4v) is 3.47. The average molecular weight is 305 g/mol. The minimum atomic E-state index is -0.428. The van der Waals surface area contributed by atoms with Crippen LogP contribution in [-0.4, -0.2) is 28.4 Å². The van der Waals surface area contributed by atoms with Gasteiger partial charge in [-0.05, 0) is 31.5 Å². The standard InChI is InChI=1S/C17H15N5O/c1-8-12(6-18)15(16-14(20-8)7-19-17(16)23)10-3-4-13-11(5-10)9(2)21-22-13/h3-5,12,15H,7H2,1-2H3,(H,19,23)(H,21,22). The van der Waals surface area contributed by atoms with Crippen molar-refractivity contribution < 1.29 is 4.79 Å². The van der Waals surface area contributed by atoms with Gasteiger partial charge in [-0.25, -0.2) is 0 Å². The number of fused-ring (bicyclic) bond motifs is 1. The quantitative estimate of drug-likeness (QED) is 0.843. The Hall–Kier alpha value is -2.94. The summed E-state index contributed by atoms with van der Waals surface area (Å²) in [6, 6.07) is 8.23. The summed E-state index contributed by atoms with van der Waals surface area (Å²) in [4.78, 5) is 16.7. The minimum absolute atomic E-state index is 0.120. The Bertz CT molecular complexity index is 944. The molecular formula is C17H15N5O. The zero-order valence-corrected chi connectivity index (χ0v) is 12.8. The Kier molecular flexibility index (Phi) is 2.85. The highest BCUT2D eigenvalue weighted by Crippen LogP contribution is 2.41. The number of hydrogen-bond donors (Lipinski definition) is 2. The van der Waals surface area contributed by atoms with Gasteiger partial charge in [0, 0.05) is 28.3 Å². The molecule has 2 aliphatic heterocycles. The number of carbonyl (C=O) groups excluding carboxylic acids is 1. The number of aryl methyl sites for hydroxylation is 1. The van der Waals surface area contributed by atoms with Crippen LogP contribution in [0.25, 0.3) is 10.9 Å². The lowest BCUT2D eigenvalue weighted by molar-refractivity contribution is -0.116. The Morgan fingerprint density at radius 2 is 2.17 bits per heavy atom. The number of aliphatic imine (C=N–C) groups is 1. The molecule has 1 aromatic carbocycles. The molecule has 0 saturated carbocycles. The van der Waals surface area contributed by atoms with Crippen LogP contribution in [0.15, 0.2) is 34.5 Å². The van der Waals surface area contributed by atoms with Crippen LogP contribution in [0.1, 0.15) is 24.1 Å². The van der Waals surface area contributed by atoms with Gasteiger partial charge in [0.2, 0.25) is 5.91 Å². The van der Waals surface area contributed by atoms with Crippen molar-refractivity contribution in [2.45, 2.75) is 19.8 Å². The monoisotopic (exact) mass is 305 g/mol. The number of hydrogen-bond acceptors (Lipinski definition) is 4. The largest absolute Gasteiger partial charge is 0.347 e. The number of aromatic nitrogens is 2. The van der Waals surface area contributed by atoms with Gasteiger partial charge in [-0.15, -0.1) is 0 Å². The number of nitrogens with one attached hydrogen (secondary N) is 2. The summed E-state index contributed by atoms with van der Waals surface area (Å²) in [6.07, 6.45) is 0. The summed E-state index contributed by atoms with van der Waals surface area (Å²) in [7, 11) is 0. The first-order chi connectivity index (χ1) is 11.1. The molecule has 2 aromatic rings. The van der Waals surface area contributed by atoms with E-state index < -0.39 is 5.92 Å². The van der Waals surface area contributed by atoms with Crippen LogP contribution in [0.3, 0.4) is 0 Å². The molecule has 1 aromatic heterocycles. The van der Waals surface area contributed by atoms with Crippen molar-refractivity contribution >= 4 is 22.5 Å². The first-order valence-corrected chi connectivity index (χ1v) is 7.51. The van der Waals surface area contributed by atoms with Crippen molar-refractivity contribution in [2.75, 3.05) is 6.54 Å². The zero-order valence-electron chi connectivity index (χ0n) is 12.8. The Labute approximate surface area is 132 Å². The van der Waals surface area contributed by atoms with Crippen LogP contribution in [0.5, 0.6) is 0 Å². The second kappa shape index (κ2) is 4.78. The van der Waals surface area contributed by atoms with Crippen molar-refractivity contribution in [3.05, 3.63) is 40.7 Å². The molecule has 0 radical (unpaired) electrons. The third-order valence-corrected chi connectivity index (χ3v) is 4.64. The average Bonchev–Trinajstić information content (AvgIpc) is 3.09. The fourth-order valence-electron chi connectivity index (χ4n) is 3.47. The molecule has 6 heteroatoms. The van der Waals surface area contributed by atoms with Gasteiger partial charge < -0.3 is 5.32 Å². The van der Waals surface area contributed by atoms with E-state index in [4.69, 9.17) is 0 Å². The van der Waals surface area contributed by atoms with Crippen LogP contribution >= 0.6 is 0 Å². The first kappa shape index (κ1) is 13.7. The molecule has 1 amide bonds. The van der Waals surface area contributed by atoms with Gasteiger partial charge in [0.1, 0.15) is 0 Å². The number of amides is 1. The lowest BCUT2D eigenvalue weighted by Gasteiger charge is -2.26. The molecule has 2 N–H and O–H groups in total. The summed E-state index contributed by atoms with van der Waals surface area (Å²) >= 11 is 0. The van der Waals surface area contributed by atoms with Crippen molar-refractivity contribution in [2.24, 2.45) is 10.9 Å². The Balaban J connectivity index is 1.93. The fraction of sp³-hybridized carbons (Fsp3) is 0.294. The SMILES string of the molecule is CC1=NC2=C(C(=O)NC2)C(c2ccc3n[nH]c(C)c3c2)C1C#N. The molecule has 114 valence electrons. The summed E-state index contributed by atoms with van der Waals surface area (Å²) in [6.45, 7) is 4.25. The van der Waals surface area contributed by atoms with E-state index >= 15 is 0 Å². The molecule has 0 aliphatic carbocycles. The topological polar surface area (TPSA) is 93.9 Å². The molecule has 0 saturated heterocycles. The van der Waals surface area contributed by atoms with Gasteiger partial charge in [0.05, 0.1) is 29.7 Å². The smallest absolute Gasteiger partial charge is 0.250 e. The van der Waals surface area contributed by atoms with Gasteiger partial charge in [-0.2, -0.15) is 10.4 Å². The maximum atomic E-state index is 12.3. The second-order valence-electron chi connectivity index (χ2n) is 6.01. The number of carbonyl (C=O) groups is 1. The predicted octanol–water partition coefficient (Wildman–Crippen LogP) is 1.95. The van der Waals surface area contributed by atoms with Crippen molar-refractivity contribution in [3.63, 3.8) is 0 Å². The third-order valence-electron chi connectivity index (χ3n) is 4.64. The molecule has 2 unspecified atom stereocenters. The molecule has 6 nitrogen and oxygen atoms in total. The summed E-state index contributed by atoms with van der Waals surface area (Å²) in [5.74, 6) is -0.832. The predicted molar refractivity (Wildman–Crippen MR) is 85.8 cm³/mol. The van der Waals surface area contributed by atoms with E-state index in [1.807, 2.05) is 32.0 Å². The van der Waals surface area contributed by atoms with Crippen LogP contribution in [0.4, 0.5) is 0 Å². The molecule has 0 fully saturated rings. The van der Waals surface area contributed by atoms with Gasteiger partial charge in [-0.3, -0.25) is 14.9 Å². The van der Waals surface area contributed by atoms with Gasteiger partial charge >= 0.3 is 0 Å². The molecule has 23 heavy (non-hydrogen) atoms. The van der Waals surface area contributed by atoms with Gasteiger partial charge in [-0.1, -0.05) is 6.07 Å². The van der Waals surface area contributed by atoms with Gasteiger partial charge in [0.15, 0.2) is 0 Å². The van der Waals surface area contributed by atoms with Crippen LogP contribution < -0.4 is 5.32 Å². The number of nitriles is 1. The van der Waals surface area contributed by atoms with E-state index in [1.165, 1.54) is 0 Å². The van der Waals surface area contributed by atoms with Gasteiger partial charge in [0.25, 0.3) is 0 Å². The maximum absolute atomic E-state index is 12.3. The van der Waals surface area contributed by atoms with Crippen molar-refractivity contribution in [3.8, 4) is 6.07 Å². The molecule has 2 atom stereocenters. The zero-order chi connectivity index (χ0) is 16.1. The molecule has 2 aliphatic rings. The molecule has 3 heterocycles. The third kappa shape index (κ3) is 1.90. The highest BCUT2D eigenvalue weighted by Gasteiger charge is 2.40. The first-order valence-electron chi connectivity index (χ1n) is 7.51. The lowest BCUT2D eigenvalue weighted by Crippen LogP contribution is -2.28. The minimum Gasteiger partial charge on any atom is -0.347 e. The summed E-state index contributed by atoms with van der Waals surface area (Å²) in [5, 5.41) is 20.7. The van der Waals surface area contributed by atoms with E-state index in [2.05, 4.69) is 26.6 Å². The van der Waals surface area contributed by atoms with E-state index in [0.29, 0.717) is 12.1 Å². The number of H-pyrrole nitrogens is 1. The van der Waals surface area contributed by atoms with E-state index in [-0.39, 0.29) is 11.8 Å². The highest BCUT2D eigenvalue weighted by molar-refractivity contribution is 6.03. The molecule has 4 rings (SSSR count). The maximum Gasteiger partial charge on any atom is 0.250 e. The molecule has 0 spiro atoms. The Morgan fingerprint density at radius 1 is 1.35 bits per heavy atom. The highest BCUT2D eigenvalue weighted by atomic mass is 16.2. The number of aromatic amines is 1.